The fraction of sp³-hybridized carbons (Fsp3) is 0.600. The highest BCUT2D eigenvalue weighted by atomic mass is 16.3. The predicted octanol–water partition coefficient (Wildman–Crippen LogP) is 3.70. The molecule has 2 unspecified atom stereocenters. The minimum Gasteiger partial charge on any atom is -0.385 e. The smallest absolute Gasteiger partial charge is 0.0927 e. The Balaban J connectivity index is 2.45. The highest BCUT2D eigenvalue weighted by Crippen LogP contribution is 2.46. The number of aryl methyl sites for hydroxylation is 2. The first kappa shape index (κ1) is 11.7. The summed E-state index contributed by atoms with van der Waals surface area (Å²) in [5.41, 5.74) is 3.08. The van der Waals surface area contributed by atoms with Gasteiger partial charge in [-0.15, -0.1) is 0 Å². The Morgan fingerprint density at radius 2 is 2.12 bits per heavy atom. The van der Waals surface area contributed by atoms with E-state index in [4.69, 9.17) is 0 Å². The molecule has 0 saturated heterocycles. The third-order valence-electron chi connectivity index (χ3n) is 4.14. The SMILES string of the molecule is CCC1CCCC1(O)c1cc(C)ccc1C. The summed E-state index contributed by atoms with van der Waals surface area (Å²) < 4.78 is 0. The van der Waals surface area contributed by atoms with E-state index in [-0.39, 0.29) is 0 Å². The molecule has 1 N–H and O–H groups in total. The zero-order valence-electron chi connectivity index (χ0n) is 10.6. The molecule has 1 aromatic rings. The summed E-state index contributed by atoms with van der Waals surface area (Å²) in [5.74, 6) is 0.438. The molecule has 1 heteroatoms. The Morgan fingerprint density at radius 3 is 2.81 bits per heavy atom. The van der Waals surface area contributed by atoms with Crippen LogP contribution in [0.15, 0.2) is 18.2 Å². The third-order valence-corrected chi connectivity index (χ3v) is 4.14. The van der Waals surface area contributed by atoms with Crippen molar-refractivity contribution >= 4 is 0 Å². The highest BCUT2D eigenvalue weighted by Gasteiger charge is 2.42. The third kappa shape index (κ3) is 1.78. The van der Waals surface area contributed by atoms with Crippen molar-refractivity contribution in [2.45, 2.75) is 52.1 Å². The molecule has 1 aliphatic rings. The van der Waals surface area contributed by atoms with Gasteiger partial charge in [-0.25, -0.2) is 0 Å². The Kier molecular flexibility index (Phi) is 3.07. The van der Waals surface area contributed by atoms with Crippen molar-refractivity contribution in [3.8, 4) is 0 Å². The molecule has 1 saturated carbocycles. The quantitative estimate of drug-likeness (QED) is 0.802. The van der Waals surface area contributed by atoms with Gasteiger partial charge in [0.2, 0.25) is 0 Å². The lowest BCUT2D eigenvalue weighted by molar-refractivity contribution is -0.00447. The first-order chi connectivity index (χ1) is 7.58. The van der Waals surface area contributed by atoms with Gasteiger partial charge in [-0.05, 0) is 50.2 Å². The number of hydrogen-bond donors (Lipinski definition) is 1. The van der Waals surface area contributed by atoms with Gasteiger partial charge in [0.25, 0.3) is 0 Å². The zero-order valence-corrected chi connectivity index (χ0v) is 10.6. The number of hydrogen-bond acceptors (Lipinski definition) is 1. The van der Waals surface area contributed by atoms with Crippen LogP contribution in [0.5, 0.6) is 0 Å². The second kappa shape index (κ2) is 4.21. The molecule has 16 heavy (non-hydrogen) atoms. The minimum absolute atomic E-state index is 0.438. The van der Waals surface area contributed by atoms with E-state index in [1.165, 1.54) is 17.5 Å². The largest absolute Gasteiger partial charge is 0.385 e. The number of aliphatic hydroxyl groups is 1. The van der Waals surface area contributed by atoms with Crippen LogP contribution in [-0.2, 0) is 5.60 Å². The Morgan fingerprint density at radius 1 is 1.38 bits per heavy atom. The Labute approximate surface area is 98.5 Å². The van der Waals surface area contributed by atoms with Gasteiger partial charge < -0.3 is 5.11 Å². The van der Waals surface area contributed by atoms with Crippen LogP contribution in [-0.4, -0.2) is 5.11 Å². The summed E-state index contributed by atoms with van der Waals surface area (Å²) in [4.78, 5) is 0. The van der Waals surface area contributed by atoms with Gasteiger partial charge in [0.1, 0.15) is 0 Å². The van der Waals surface area contributed by atoms with E-state index < -0.39 is 5.60 Å². The van der Waals surface area contributed by atoms with Crippen molar-refractivity contribution < 1.29 is 5.11 Å². The summed E-state index contributed by atoms with van der Waals surface area (Å²) in [7, 11) is 0. The van der Waals surface area contributed by atoms with E-state index in [2.05, 4.69) is 39.0 Å². The molecule has 2 rings (SSSR count). The molecule has 1 aromatic carbocycles. The van der Waals surface area contributed by atoms with E-state index in [1.54, 1.807) is 0 Å². The fourth-order valence-electron chi connectivity index (χ4n) is 3.16. The first-order valence-electron chi connectivity index (χ1n) is 6.38. The normalized spacial score (nSPS) is 29.6. The van der Waals surface area contributed by atoms with Crippen molar-refractivity contribution in [1.29, 1.82) is 0 Å². The lowest BCUT2D eigenvalue weighted by Crippen LogP contribution is -2.30. The molecule has 1 nitrogen and oxygen atoms in total. The first-order valence-corrected chi connectivity index (χ1v) is 6.38. The summed E-state index contributed by atoms with van der Waals surface area (Å²) in [6.45, 7) is 6.39. The van der Waals surface area contributed by atoms with Gasteiger partial charge >= 0.3 is 0 Å². The predicted molar refractivity (Wildman–Crippen MR) is 67.4 cm³/mol. The van der Waals surface area contributed by atoms with Gasteiger partial charge in [-0.3, -0.25) is 0 Å². The van der Waals surface area contributed by atoms with E-state index in [9.17, 15) is 5.11 Å². The molecular weight excluding hydrogens is 196 g/mol. The standard InChI is InChI=1S/C15H22O/c1-4-13-6-5-9-15(13,16)14-10-11(2)7-8-12(14)3/h7-8,10,13,16H,4-6,9H2,1-3H3. The molecule has 0 spiro atoms. The van der Waals surface area contributed by atoms with Gasteiger partial charge in [0.05, 0.1) is 5.60 Å². The van der Waals surface area contributed by atoms with Crippen LogP contribution in [0.4, 0.5) is 0 Å². The summed E-state index contributed by atoms with van der Waals surface area (Å²) >= 11 is 0. The van der Waals surface area contributed by atoms with Crippen LogP contribution in [0.25, 0.3) is 0 Å². The number of benzene rings is 1. The van der Waals surface area contributed by atoms with Crippen LogP contribution in [0.2, 0.25) is 0 Å². The van der Waals surface area contributed by atoms with Crippen LogP contribution < -0.4 is 0 Å². The Bertz CT molecular complexity index is 383. The molecule has 0 bridgehead atoms. The maximum atomic E-state index is 10.9. The topological polar surface area (TPSA) is 20.2 Å². The lowest BCUT2D eigenvalue weighted by atomic mass is 9.80. The minimum atomic E-state index is -0.565. The molecule has 0 aromatic heterocycles. The van der Waals surface area contributed by atoms with Crippen molar-refractivity contribution in [1.82, 2.24) is 0 Å². The van der Waals surface area contributed by atoms with Crippen LogP contribution in [0, 0.1) is 19.8 Å². The van der Waals surface area contributed by atoms with Crippen LogP contribution >= 0.6 is 0 Å². The lowest BCUT2D eigenvalue weighted by Gasteiger charge is -2.31. The van der Waals surface area contributed by atoms with Crippen molar-refractivity contribution in [3.63, 3.8) is 0 Å². The molecule has 0 amide bonds. The van der Waals surface area contributed by atoms with Gasteiger partial charge in [0.15, 0.2) is 0 Å². The molecule has 2 atom stereocenters. The molecule has 0 radical (unpaired) electrons. The maximum Gasteiger partial charge on any atom is 0.0927 e. The van der Waals surface area contributed by atoms with Crippen molar-refractivity contribution in [2.24, 2.45) is 5.92 Å². The molecular formula is C15H22O. The van der Waals surface area contributed by atoms with Crippen molar-refractivity contribution in [2.75, 3.05) is 0 Å². The summed E-state index contributed by atoms with van der Waals surface area (Å²) in [5, 5.41) is 10.9. The molecule has 1 fully saturated rings. The van der Waals surface area contributed by atoms with Gasteiger partial charge in [-0.2, -0.15) is 0 Å². The van der Waals surface area contributed by atoms with Crippen LogP contribution in [0.3, 0.4) is 0 Å². The Hall–Kier alpha value is -0.820. The fourth-order valence-corrected chi connectivity index (χ4v) is 3.16. The van der Waals surface area contributed by atoms with Crippen molar-refractivity contribution in [3.05, 3.63) is 34.9 Å². The second-order valence-corrected chi connectivity index (χ2v) is 5.24. The van der Waals surface area contributed by atoms with E-state index in [0.717, 1.165) is 24.8 Å². The highest BCUT2D eigenvalue weighted by molar-refractivity contribution is 5.36. The van der Waals surface area contributed by atoms with E-state index >= 15 is 0 Å². The second-order valence-electron chi connectivity index (χ2n) is 5.24. The molecule has 0 aliphatic heterocycles. The van der Waals surface area contributed by atoms with Crippen LogP contribution in [0.1, 0.15) is 49.3 Å². The average Bonchev–Trinajstić information content (AvgIpc) is 2.64. The maximum absolute atomic E-state index is 10.9. The molecule has 88 valence electrons. The molecule has 1 aliphatic carbocycles. The van der Waals surface area contributed by atoms with Gasteiger partial charge in [0, 0.05) is 0 Å². The average molecular weight is 218 g/mol. The van der Waals surface area contributed by atoms with Gasteiger partial charge in [-0.1, -0.05) is 37.1 Å². The summed E-state index contributed by atoms with van der Waals surface area (Å²) in [6, 6.07) is 6.43. The monoisotopic (exact) mass is 218 g/mol. The zero-order chi connectivity index (χ0) is 11.8. The van der Waals surface area contributed by atoms with E-state index in [1.807, 2.05) is 0 Å². The summed E-state index contributed by atoms with van der Waals surface area (Å²) in [6.07, 6.45) is 4.32. The van der Waals surface area contributed by atoms with E-state index in [0.29, 0.717) is 5.92 Å². The molecule has 0 heterocycles. The number of rotatable bonds is 2.